The van der Waals surface area contributed by atoms with Crippen molar-refractivity contribution in [3.63, 3.8) is 0 Å². The second kappa shape index (κ2) is 6.16. The molecular weight excluding hydrogens is 309 g/mol. The lowest BCUT2D eigenvalue weighted by Gasteiger charge is -2.07. The third-order valence-corrected chi connectivity index (χ3v) is 3.64. The maximum atomic E-state index is 13.3. The number of carbonyl (C=O) groups excluding carboxylic acids is 2. The first-order valence-corrected chi connectivity index (χ1v) is 7.41. The van der Waals surface area contributed by atoms with Crippen LogP contribution in [-0.2, 0) is 4.79 Å². The van der Waals surface area contributed by atoms with Crippen molar-refractivity contribution in [1.29, 1.82) is 0 Å². The Hall–Kier alpha value is -3.15. The maximum Gasteiger partial charge on any atom is 0.258 e. The number of H-pyrrole nitrogens is 1. The monoisotopic (exact) mass is 325 g/mol. The summed E-state index contributed by atoms with van der Waals surface area (Å²) >= 11 is 0. The normalized spacial score (nSPS) is 10.6. The summed E-state index contributed by atoms with van der Waals surface area (Å²) in [4.78, 5) is 26.6. The Bertz CT molecular complexity index is 929. The van der Waals surface area contributed by atoms with Gasteiger partial charge >= 0.3 is 0 Å². The zero-order valence-electron chi connectivity index (χ0n) is 13.2. The van der Waals surface area contributed by atoms with Crippen LogP contribution in [0, 0.1) is 12.7 Å². The van der Waals surface area contributed by atoms with Gasteiger partial charge in [-0.05, 0) is 49.4 Å². The molecule has 0 saturated carbocycles. The van der Waals surface area contributed by atoms with Crippen molar-refractivity contribution in [3.8, 4) is 0 Å². The maximum absolute atomic E-state index is 13.3. The van der Waals surface area contributed by atoms with Crippen LogP contribution in [0.1, 0.15) is 23.0 Å². The minimum Gasteiger partial charge on any atom is -0.358 e. The van der Waals surface area contributed by atoms with Crippen LogP contribution in [0.3, 0.4) is 0 Å². The van der Waals surface area contributed by atoms with Gasteiger partial charge in [-0.3, -0.25) is 9.59 Å². The number of aromatic amines is 1. The van der Waals surface area contributed by atoms with Gasteiger partial charge in [0.2, 0.25) is 5.91 Å². The summed E-state index contributed by atoms with van der Waals surface area (Å²) in [6.45, 7) is 3.20. The molecule has 3 aromatic rings. The van der Waals surface area contributed by atoms with E-state index in [-0.39, 0.29) is 17.6 Å². The Kier molecular flexibility index (Phi) is 4.04. The number of aromatic nitrogens is 1. The number of aryl methyl sites for hydroxylation is 1. The molecule has 2 amide bonds. The van der Waals surface area contributed by atoms with E-state index in [0.717, 1.165) is 0 Å². The number of halogens is 1. The average molecular weight is 325 g/mol. The Morgan fingerprint density at radius 3 is 2.25 bits per heavy atom. The van der Waals surface area contributed by atoms with Crippen LogP contribution >= 0.6 is 0 Å². The summed E-state index contributed by atoms with van der Waals surface area (Å²) in [7, 11) is 0. The fourth-order valence-corrected chi connectivity index (χ4v) is 2.63. The van der Waals surface area contributed by atoms with E-state index in [4.69, 9.17) is 0 Å². The van der Waals surface area contributed by atoms with E-state index in [1.807, 2.05) is 0 Å². The smallest absolute Gasteiger partial charge is 0.258 e. The molecule has 0 atom stereocenters. The van der Waals surface area contributed by atoms with Gasteiger partial charge in [-0.1, -0.05) is 0 Å². The molecule has 0 saturated heterocycles. The lowest BCUT2D eigenvalue weighted by Crippen LogP contribution is -2.13. The highest BCUT2D eigenvalue weighted by molar-refractivity contribution is 6.14. The van der Waals surface area contributed by atoms with Gasteiger partial charge in [0.15, 0.2) is 0 Å². The first kappa shape index (κ1) is 15.7. The molecule has 5 nitrogen and oxygen atoms in total. The highest BCUT2D eigenvalue weighted by Gasteiger charge is 2.16. The third kappa shape index (κ3) is 3.12. The van der Waals surface area contributed by atoms with Crippen LogP contribution in [0.5, 0.6) is 0 Å². The van der Waals surface area contributed by atoms with Crippen molar-refractivity contribution >= 4 is 34.1 Å². The third-order valence-electron chi connectivity index (χ3n) is 3.64. The molecule has 0 radical (unpaired) electrons. The lowest BCUT2D eigenvalue weighted by molar-refractivity contribution is -0.114. The number of rotatable bonds is 3. The van der Waals surface area contributed by atoms with Crippen LogP contribution in [0.4, 0.5) is 15.8 Å². The summed E-state index contributed by atoms with van der Waals surface area (Å²) in [5.41, 5.74) is 2.99. The van der Waals surface area contributed by atoms with Gasteiger partial charge < -0.3 is 15.6 Å². The molecule has 122 valence electrons. The van der Waals surface area contributed by atoms with Crippen LogP contribution in [0.2, 0.25) is 0 Å². The highest BCUT2D eigenvalue weighted by atomic mass is 19.1. The van der Waals surface area contributed by atoms with Crippen LogP contribution in [0.15, 0.2) is 42.5 Å². The molecule has 1 heterocycles. The van der Waals surface area contributed by atoms with E-state index in [9.17, 15) is 14.0 Å². The van der Waals surface area contributed by atoms with E-state index >= 15 is 0 Å². The second-order valence-electron chi connectivity index (χ2n) is 5.53. The van der Waals surface area contributed by atoms with Crippen molar-refractivity contribution in [1.82, 2.24) is 4.98 Å². The van der Waals surface area contributed by atoms with Gasteiger partial charge in [-0.2, -0.15) is 0 Å². The number of fused-ring (bicyclic) bond motifs is 1. The minimum atomic E-state index is -0.357. The summed E-state index contributed by atoms with van der Waals surface area (Å²) < 4.78 is 13.3. The van der Waals surface area contributed by atoms with Crippen molar-refractivity contribution in [3.05, 3.63) is 59.5 Å². The van der Waals surface area contributed by atoms with Gasteiger partial charge in [-0.25, -0.2) is 4.39 Å². The lowest BCUT2D eigenvalue weighted by atomic mass is 10.1. The molecule has 0 unspecified atom stereocenters. The SMILES string of the molecule is CC(=O)Nc1ccc(NC(=O)c2c(C)[nH]c3cc(F)ccc23)cc1. The molecule has 3 rings (SSSR count). The molecule has 1 aromatic heterocycles. The number of anilines is 2. The van der Waals surface area contributed by atoms with Gasteiger partial charge in [0.05, 0.1) is 5.56 Å². The van der Waals surface area contributed by atoms with Crippen molar-refractivity contribution in [2.75, 3.05) is 10.6 Å². The van der Waals surface area contributed by atoms with E-state index in [1.165, 1.54) is 19.1 Å². The molecule has 0 spiro atoms. The zero-order chi connectivity index (χ0) is 17.3. The van der Waals surface area contributed by atoms with E-state index < -0.39 is 0 Å². The van der Waals surface area contributed by atoms with Gasteiger partial charge in [0.25, 0.3) is 5.91 Å². The van der Waals surface area contributed by atoms with Gasteiger partial charge in [0.1, 0.15) is 5.82 Å². The quantitative estimate of drug-likeness (QED) is 0.685. The van der Waals surface area contributed by atoms with Gasteiger partial charge in [-0.15, -0.1) is 0 Å². The number of nitrogens with one attached hydrogen (secondary N) is 3. The molecule has 0 aliphatic carbocycles. The summed E-state index contributed by atoms with van der Waals surface area (Å²) in [5.74, 6) is -0.796. The molecule has 6 heteroatoms. The fourth-order valence-electron chi connectivity index (χ4n) is 2.63. The summed E-state index contributed by atoms with van der Waals surface area (Å²) in [6.07, 6.45) is 0. The molecule has 0 fully saturated rings. The predicted molar refractivity (Wildman–Crippen MR) is 91.7 cm³/mol. The summed E-state index contributed by atoms with van der Waals surface area (Å²) in [5, 5.41) is 6.13. The molecule has 24 heavy (non-hydrogen) atoms. The Labute approximate surface area is 137 Å². The first-order chi connectivity index (χ1) is 11.4. The molecule has 0 aliphatic rings. The van der Waals surface area contributed by atoms with Crippen LogP contribution in [-0.4, -0.2) is 16.8 Å². The number of benzene rings is 2. The second-order valence-corrected chi connectivity index (χ2v) is 5.53. The van der Waals surface area contributed by atoms with E-state index in [0.29, 0.717) is 33.5 Å². The largest absolute Gasteiger partial charge is 0.358 e. The topological polar surface area (TPSA) is 74.0 Å². The Morgan fingerprint density at radius 1 is 1.00 bits per heavy atom. The Morgan fingerprint density at radius 2 is 1.62 bits per heavy atom. The van der Waals surface area contributed by atoms with Crippen LogP contribution in [0.25, 0.3) is 10.9 Å². The molecule has 0 aliphatic heterocycles. The molecule has 2 aromatic carbocycles. The first-order valence-electron chi connectivity index (χ1n) is 7.41. The van der Waals surface area contributed by atoms with Crippen molar-refractivity contribution in [2.24, 2.45) is 0 Å². The zero-order valence-corrected chi connectivity index (χ0v) is 13.2. The average Bonchev–Trinajstić information content (AvgIpc) is 2.83. The van der Waals surface area contributed by atoms with Crippen molar-refractivity contribution in [2.45, 2.75) is 13.8 Å². The van der Waals surface area contributed by atoms with Crippen LogP contribution < -0.4 is 10.6 Å². The van der Waals surface area contributed by atoms with Gasteiger partial charge in [0, 0.05) is 34.9 Å². The number of carbonyl (C=O) groups is 2. The fraction of sp³-hybridized carbons (Fsp3) is 0.111. The molecule has 3 N–H and O–H groups in total. The number of amides is 2. The number of hydrogen-bond acceptors (Lipinski definition) is 2. The Balaban J connectivity index is 1.85. The summed E-state index contributed by atoms with van der Waals surface area (Å²) in [6, 6.07) is 11.1. The molecular formula is C18H16FN3O2. The molecule has 0 bridgehead atoms. The van der Waals surface area contributed by atoms with E-state index in [2.05, 4.69) is 15.6 Å². The predicted octanol–water partition coefficient (Wildman–Crippen LogP) is 3.83. The number of hydrogen-bond donors (Lipinski definition) is 3. The standard InChI is InChI=1S/C18H16FN3O2/c1-10-17(15-8-3-12(19)9-16(15)20-10)18(24)22-14-6-4-13(5-7-14)21-11(2)23/h3-9,20H,1-2H3,(H,21,23)(H,22,24). The van der Waals surface area contributed by atoms with Crippen molar-refractivity contribution < 1.29 is 14.0 Å². The minimum absolute atomic E-state index is 0.159. The van der Waals surface area contributed by atoms with E-state index in [1.54, 1.807) is 37.3 Å². The highest BCUT2D eigenvalue weighted by Crippen LogP contribution is 2.24.